The van der Waals surface area contributed by atoms with Crippen LogP contribution in [0.3, 0.4) is 0 Å². The second kappa shape index (κ2) is 8.07. The van der Waals surface area contributed by atoms with Crippen LogP contribution in [0, 0.1) is 46.3 Å². The average molecular weight is 415 g/mol. The summed E-state index contributed by atoms with van der Waals surface area (Å²) in [6, 6.07) is 0. The van der Waals surface area contributed by atoms with Crippen molar-refractivity contribution in [3.05, 3.63) is 23.8 Å². The number of allylic oxidation sites excluding steroid dienone is 2. The number of aliphatic hydroxyl groups excluding tert-OH is 2. The molecule has 0 unspecified atom stereocenters. The van der Waals surface area contributed by atoms with Crippen LogP contribution in [0.2, 0.25) is 0 Å². The third-order valence-corrected chi connectivity index (χ3v) is 10.7. The smallest absolute Gasteiger partial charge is 0.0658 e. The Morgan fingerprint density at radius 3 is 2.57 bits per heavy atom. The highest BCUT2D eigenvalue weighted by Crippen LogP contribution is 2.67. The summed E-state index contributed by atoms with van der Waals surface area (Å²) in [6.45, 7) is 16.3. The molecule has 0 bridgehead atoms. The molecule has 4 rings (SSSR count). The van der Waals surface area contributed by atoms with Gasteiger partial charge in [-0.3, -0.25) is 0 Å². The van der Waals surface area contributed by atoms with Crippen LogP contribution in [-0.2, 0) is 0 Å². The Balaban J connectivity index is 1.52. The van der Waals surface area contributed by atoms with Crippen LogP contribution in [-0.4, -0.2) is 22.4 Å². The van der Waals surface area contributed by atoms with Crippen molar-refractivity contribution in [2.45, 2.75) is 105 Å². The van der Waals surface area contributed by atoms with E-state index in [0.717, 1.165) is 24.2 Å². The first-order valence-corrected chi connectivity index (χ1v) is 12.8. The van der Waals surface area contributed by atoms with Gasteiger partial charge in [0.2, 0.25) is 0 Å². The zero-order chi connectivity index (χ0) is 21.8. The summed E-state index contributed by atoms with van der Waals surface area (Å²) >= 11 is 0. The van der Waals surface area contributed by atoms with Crippen LogP contribution >= 0.6 is 0 Å². The molecule has 0 aromatic carbocycles. The summed E-state index contributed by atoms with van der Waals surface area (Å²) in [5.74, 6) is 4.31. The molecule has 2 N–H and O–H groups in total. The summed E-state index contributed by atoms with van der Waals surface area (Å²) in [7, 11) is 0. The van der Waals surface area contributed by atoms with E-state index < -0.39 is 0 Å². The van der Waals surface area contributed by atoms with Crippen LogP contribution < -0.4 is 0 Å². The molecule has 0 saturated heterocycles. The summed E-state index contributed by atoms with van der Waals surface area (Å²) in [5, 5.41) is 21.3. The number of hydrogen-bond donors (Lipinski definition) is 2. The van der Waals surface area contributed by atoms with E-state index in [2.05, 4.69) is 47.3 Å². The number of rotatable bonds is 5. The maximum Gasteiger partial charge on any atom is 0.0658 e. The Bertz CT molecular complexity index is 693. The van der Waals surface area contributed by atoms with Crippen LogP contribution in [0.4, 0.5) is 0 Å². The fourth-order valence-electron chi connectivity index (χ4n) is 8.58. The number of fused-ring (bicyclic) bond motifs is 5. The Morgan fingerprint density at radius 1 is 1.13 bits per heavy atom. The van der Waals surface area contributed by atoms with E-state index in [0.29, 0.717) is 29.6 Å². The second-order valence-electron chi connectivity index (χ2n) is 12.3. The summed E-state index contributed by atoms with van der Waals surface area (Å²) in [5.41, 5.74) is 3.12. The molecule has 4 aliphatic carbocycles. The second-order valence-corrected chi connectivity index (χ2v) is 12.3. The van der Waals surface area contributed by atoms with E-state index in [1.807, 2.05) is 0 Å². The minimum absolute atomic E-state index is 0.109. The van der Waals surface area contributed by atoms with Crippen molar-refractivity contribution in [2.75, 3.05) is 0 Å². The van der Waals surface area contributed by atoms with Crippen molar-refractivity contribution >= 4 is 0 Å². The highest BCUT2D eigenvalue weighted by molar-refractivity contribution is 5.27. The van der Waals surface area contributed by atoms with Gasteiger partial charge in [0.1, 0.15) is 0 Å². The molecule has 0 spiro atoms. The molecule has 0 heterocycles. The molecule has 0 aromatic heterocycles. The van der Waals surface area contributed by atoms with Crippen LogP contribution in [0.25, 0.3) is 0 Å². The predicted octanol–water partition coefficient (Wildman–Crippen LogP) is 6.53. The molecule has 0 aliphatic heterocycles. The lowest BCUT2D eigenvalue weighted by atomic mass is 9.46. The molecule has 2 heteroatoms. The van der Waals surface area contributed by atoms with Gasteiger partial charge in [0, 0.05) is 11.8 Å². The van der Waals surface area contributed by atoms with E-state index in [-0.39, 0.29) is 17.6 Å². The van der Waals surface area contributed by atoms with Gasteiger partial charge in [0.25, 0.3) is 0 Å². The average Bonchev–Trinajstić information content (AvgIpc) is 3.04. The van der Waals surface area contributed by atoms with Gasteiger partial charge in [-0.1, -0.05) is 58.4 Å². The van der Waals surface area contributed by atoms with Crippen molar-refractivity contribution < 1.29 is 10.2 Å². The molecule has 170 valence electrons. The van der Waals surface area contributed by atoms with Gasteiger partial charge in [0.15, 0.2) is 0 Å². The molecule has 0 aromatic rings. The fourth-order valence-corrected chi connectivity index (χ4v) is 8.58. The Morgan fingerprint density at radius 2 is 1.87 bits per heavy atom. The SMILES string of the molecule is C=C(CC[C@@H](C)[C@H]1CC[C@H]2[C@@H]3CC=C4C[C@@H](O)C[C@H](O)[C@]4(C)[C@H]3CC[C@]12C)C(C)C. The van der Waals surface area contributed by atoms with Gasteiger partial charge >= 0.3 is 0 Å². The first kappa shape index (κ1) is 22.6. The van der Waals surface area contributed by atoms with Crippen molar-refractivity contribution in [2.24, 2.45) is 46.3 Å². The van der Waals surface area contributed by atoms with E-state index in [9.17, 15) is 10.2 Å². The van der Waals surface area contributed by atoms with E-state index >= 15 is 0 Å². The van der Waals surface area contributed by atoms with Crippen LogP contribution in [0.1, 0.15) is 92.4 Å². The highest BCUT2D eigenvalue weighted by Gasteiger charge is 2.60. The minimum Gasteiger partial charge on any atom is -0.393 e. The van der Waals surface area contributed by atoms with Gasteiger partial charge in [-0.05, 0) is 92.3 Å². The molecule has 30 heavy (non-hydrogen) atoms. The maximum atomic E-state index is 11.1. The fraction of sp³-hybridized carbons (Fsp3) is 0.857. The third kappa shape index (κ3) is 3.45. The Kier molecular flexibility index (Phi) is 6.08. The molecular weight excluding hydrogens is 368 g/mol. The van der Waals surface area contributed by atoms with Crippen molar-refractivity contribution in [3.8, 4) is 0 Å². The third-order valence-electron chi connectivity index (χ3n) is 10.7. The monoisotopic (exact) mass is 414 g/mol. The van der Waals surface area contributed by atoms with E-state index in [4.69, 9.17) is 0 Å². The van der Waals surface area contributed by atoms with Gasteiger partial charge in [-0.2, -0.15) is 0 Å². The van der Waals surface area contributed by atoms with Crippen molar-refractivity contribution in [1.29, 1.82) is 0 Å². The van der Waals surface area contributed by atoms with Gasteiger partial charge in [-0.25, -0.2) is 0 Å². The standard InChI is InChI=1S/C28H46O2/c1-17(2)18(3)7-8-19(4)23-11-12-24-22-10-9-20-15-21(29)16-26(30)28(20,6)25(22)13-14-27(23,24)5/h9,17,19,21-26,29-30H,3,7-8,10-16H2,1-2,4-6H3/t19-,21-,22+,23-,24+,25+,26+,27-,28+/m1/s1. The lowest BCUT2D eigenvalue weighted by Crippen LogP contribution is -2.55. The molecule has 2 nitrogen and oxygen atoms in total. The number of hydrogen-bond acceptors (Lipinski definition) is 2. The topological polar surface area (TPSA) is 40.5 Å². The molecule has 0 amide bonds. The molecule has 0 radical (unpaired) electrons. The Labute approximate surface area is 185 Å². The largest absolute Gasteiger partial charge is 0.393 e. The van der Waals surface area contributed by atoms with E-state index in [1.165, 1.54) is 56.1 Å². The zero-order valence-electron chi connectivity index (χ0n) is 20.2. The van der Waals surface area contributed by atoms with Gasteiger partial charge in [-0.15, -0.1) is 0 Å². The molecule has 9 atom stereocenters. The first-order valence-electron chi connectivity index (χ1n) is 12.8. The quantitative estimate of drug-likeness (QED) is 0.502. The van der Waals surface area contributed by atoms with E-state index in [1.54, 1.807) is 0 Å². The lowest BCUT2D eigenvalue weighted by Gasteiger charge is -2.59. The summed E-state index contributed by atoms with van der Waals surface area (Å²) in [6.07, 6.45) is 12.0. The summed E-state index contributed by atoms with van der Waals surface area (Å²) < 4.78 is 0. The van der Waals surface area contributed by atoms with Gasteiger partial charge < -0.3 is 10.2 Å². The Hall–Kier alpha value is -0.600. The lowest BCUT2D eigenvalue weighted by molar-refractivity contribution is -0.108. The minimum atomic E-state index is -0.386. The molecule has 3 saturated carbocycles. The first-order chi connectivity index (χ1) is 14.1. The van der Waals surface area contributed by atoms with Crippen LogP contribution in [0.15, 0.2) is 23.8 Å². The van der Waals surface area contributed by atoms with Crippen molar-refractivity contribution in [3.63, 3.8) is 0 Å². The van der Waals surface area contributed by atoms with Gasteiger partial charge in [0.05, 0.1) is 12.2 Å². The predicted molar refractivity (Wildman–Crippen MR) is 125 cm³/mol. The maximum absolute atomic E-state index is 11.1. The summed E-state index contributed by atoms with van der Waals surface area (Å²) in [4.78, 5) is 0. The zero-order valence-corrected chi connectivity index (χ0v) is 20.2. The normalized spacial score (nSPS) is 46.6. The van der Waals surface area contributed by atoms with Crippen LogP contribution in [0.5, 0.6) is 0 Å². The molecule has 3 fully saturated rings. The van der Waals surface area contributed by atoms with Crippen molar-refractivity contribution in [1.82, 2.24) is 0 Å². The molecule has 4 aliphatic rings. The molecular formula is C28H46O2. The highest BCUT2D eigenvalue weighted by atomic mass is 16.3. The number of aliphatic hydroxyl groups is 2.